The number of carbonyl (C=O) groups excluding carboxylic acids is 1. The van der Waals surface area contributed by atoms with Crippen LogP contribution in [-0.2, 0) is 0 Å². The first-order valence-electron chi connectivity index (χ1n) is 9.42. The number of methoxy groups -OCH3 is 1. The molecule has 1 fully saturated rings. The van der Waals surface area contributed by atoms with Crippen molar-refractivity contribution in [3.63, 3.8) is 0 Å². The Labute approximate surface area is 169 Å². The van der Waals surface area contributed by atoms with Gasteiger partial charge >= 0.3 is 0 Å². The van der Waals surface area contributed by atoms with Crippen LogP contribution < -0.4 is 19.9 Å². The summed E-state index contributed by atoms with van der Waals surface area (Å²) >= 11 is 0. The highest BCUT2D eigenvalue weighted by molar-refractivity contribution is 6.04. The molecule has 148 valence electrons. The van der Waals surface area contributed by atoms with Gasteiger partial charge in [-0.1, -0.05) is 18.2 Å². The summed E-state index contributed by atoms with van der Waals surface area (Å²) in [5.74, 6) is 1.93. The van der Waals surface area contributed by atoms with Crippen molar-refractivity contribution in [2.75, 3.05) is 48.4 Å². The van der Waals surface area contributed by atoms with Gasteiger partial charge in [0.05, 0.1) is 18.4 Å². The number of nitrogens with zero attached hydrogens (tertiary/aromatic N) is 5. The van der Waals surface area contributed by atoms with E-state index in [-0.39, 0.29) is 5.91 Å². The van der Waals surface area contributed by atoms with E-state index in [0.717, 1.165) is 32.0 Å². The minimum atomic E-state index is -0.277. The second kappa shape index (κ2) is 8.55. The molecule has 1 amide bonds. The third kappa shape index (κ3) is 4.26. The fourth-order valence-electron chi connectivity index (χ4n) is 3.22. The molecule has 8 nitrogen and oxygen atoms in total. The Morgan fingerprint density at radius 3 is 2.31 bits per heavy atom. The number of piperazine rings is 1. The lowest BCUT2D eigenvalue weighted by Gasteiger charge is -2.35. The molecule has 1 aliphatic rings. The highest BCUT2D eigenvalue weighted by Gasteiger charge is 2.20. The van der Waals surface area contributed by atoms with E-state index in [1.807, 2.05) is 30.3 Å². The summed E-state index contributed by atoms with van der Waals surface area (Å²) in [5.41, 5.74) is 1.00. The molecule has 1 aliphatic heterocycles. The third-order valence-corrected chi connectivity index (χ3v) is 4.79. The van der Waals surface area contributed by atoms with Gasteiger partial charge < -0.3 is 19.9 Å². The average molecular weight is 390 g/mol. The minimum Gasteiger partial charge on any atom is -0.495 e. The Balaban J connectivity index is 1.37. The van der Waals surface area contributed by atoms with Gasteiger partial charge in [0.2, 0.25) is 5.95 Å². The van der Waals surface area contributed by atoms with Crippen molar-refractivity contribution in [1.82, 2.24) is 15.0 Å². The molecule has 3 heterocycles. The Hall–Kier alpha value is -3.68. The highest BCUT2D eigenvalue weighted by Crippen LogP contribution is 2.23. The standard InChI is InChI=1S/C21H22N6O2/c1-29-18-7-3-2-6-17(18)25-20(28)16-14-23-21(24-15-16)27-12-10-26(11-13-27)19-8-4-5-9-22-19/h2-9,14-15H,10-13H2,1H3,(H,25,28). The van der Waals surface area contributed by atoms with E-state index in [1.165, 1.54) is 0 Å². The van der Waals surface area contributed by atoms with E-state index >= 15 is 0 Å². The van der Waals surface area contributed by atoms with Gasteiger partial charge in [0.25, 0.3) is 5.91 Å². The molecule has 3 aromatic rings. The number of hydrogen-bond donors (Lipinski definition) is 1. The zero-order chi connectivity index (χ0) is 20.1. The van der Waals surface area contributed by atoms with E-state index in [9.17, 15) is 4.79 Å². The van der Waals surface area contributed by atoms with Crippen LogP contribution in [-0.4, -0.2) is 54.1 Å². The summed E-state index contributed by atoms with van der Waals surface area (Å²) in [4.78, 5) is 30.0. The van der Waals surface area contributed by atoms with Gasteiger partial charge in [0.15, 0.2) is 0 Å². The summed E-state index contributed by atoms with van der Waals surface area (Å²) < 4.78 is 5.26. The molecule has 1 aromatic carbocycles. The quantitative estimate of drug-likeness (QED) is 0.716. The zero-order valence-electron chi connectivity index (χ0n) is 16.2. The maximum Gasteiger partial charge on any atom is 0.258 e. The maximum absolute atomic E-state index is 12.5. The van der Waals surface area contributed by atoms with E-state index in [1.54, 1.807) is 37.8 Å². The lowest BCUT2D eigenvalue weighted by Crippen LogP contribution is -2.47. The SMILES string of the molecule is COc1ccccc1NC(=O)c1cnc(N2CCN(c3ccccn3)CC2)nc1. The van der Waals surface area contributed by atoms with Gasteiger partial charge in [0.1, 0.15) is 11.6 Å². The molecule has 0 aliphatic carbocycles. The van der Waals surface area contributed by atoms with Crippen LogP contribution in [0.1, 0.15) is 10.4 Å². The first kappa shape index (κ1) is 18.7. The van der Waals surface area contributed by atoms with Crippen molar-refractivity contribution in [2.24, 2.45) is 0 Å². The van der Waals surface area contributed by atoms with Gasteiger partial charge in [-0.2, -0.15) is 0 Å². The lowest BCUT2D eigenvalue weighted by atomic mass is 10.2. The van der Waals surface area contributed by atoms with Crippen molar-refractivity contribution in [3.05, 3.63) is 66.6 Å². The van der Waals surface area contributed by atoms with Gasteiger partial charge in [-0.25, -0.2) is 15.0 Å². The van der Waals surface area contributed by atoms with Gasteiger partial charge in [-0.3, -0.25) is 4.79 Å². The molecule has 0 saturated carbocycles. The van der Waals surface area contributed by atoms with Crippen LogP contribution in [0.5, 0.6) is 5.75 Å². The van der Waals surface area contributed by atoms with Crippen LogP contribution in [0.2, 0.25) is 0 Å². The Kier molecular flexibility index (Phi) is 5.51. The van der Waals surface area contributed by atoms with Crippen molar-refractivity contribution >= 4 is 23.4 Å². The number of para-hydroxylation sites is 2. The number of anilines is 3. The number of hydrogen-bond acceptors (Lipinski definition) is 7. The third-order valence-electron chi connectivity index (χ3n) is 4.79. The summed E-state index contributed by atoms with van der Waals surface area (Å²) in [5, 5.41) is 2.83. The van der Waals surface area contributed by atoms with Crippen LogP contribution in [0, 0.1) is 0 Å². The lowest BCUT2D eigenvalue weighted by molar-refractivity contribution is 0.102. The van der Waals surface area contributed by atoms with Crippen molar-refractivity contribution < 1.29 is 9.53 Å². The van der Waals surface area contributed by atoms with E-state index in [2.05, 4.69) is 30.1 Å². The molecule has 0 radical (unpaired) electrons. The second-order valence-electron chi connectivity index (χ2n) is 6.59. The van der Waals surface area contributed by atoms with E-state index in [0.29, 0.717) is 22.9 Å². The molecule has 0 unspecified atom stereocenters. The molecular formula is C21H22N6O2. The van der Waals surface area contributed by atoms with E-state index in [4.69, 9.17) is 4.74 Å². The fourth-order valence-corrected chi connectivity index (χ4v) is 3.22. The predicted octanol–water partition coefficient (Wildman–Crippen LogP) is 2.46. The molecule has 29 heavy (non-hydrogen) atoms. The normalized spacial score (nSPS) is 13.8. The summed E-state index contributed by atoms with van der Waals surface area (Å²) in [6.07, 6.45) is 4.91. The Morgan fingerprint density at radius 1 is 0.931 bits per heavy atom. The predicted molar refractivity (Wildman–Crippen MR) is 112 cm³/mol. The number of rotatable bonds is 5. The number of carbonyl (C=O) groups is 1. The maximum atomic E-state index is 12.5. The number of benzene rings is 1. The van der Waals surface area contributed by atoms with Crippen molar-refractivity contribution in [1.29, 1.82) is 0 Å². The molecule has 1 saturated heterocycles. The largest absolute Gasteiger partial charge is 0.495 e. The van der Waals surface area contributed by atoms with Crippen LogP contribution in [0.4, 0.5) is 17.5 Å². The number of pyridine rings is 1. The monoisotopic (exact) mass is 390 g/mol. The molecule has 8 heteroatoms. The van der Waals surface area contributed by atoms with Crippen LogP contribution >= 0.6 is 0 Å². The Bertz CT molecular complexity index is 956. The van der Waals surface area contributed by atoms with Crippen molar-refractivity contribution in [3.8, 4) is 5.75 Å². The van der Waals surface area contributed by atoms with Gasteiger partial charge in [-0.05, 0) is 24.3 Å². The summed E-state index contributed by atoms with van der Waals surface area (Å²) in [6, 6.07) is 13.2. The van der Waals surface area contributed by atoms with Crippen molar-refractivity contribution in [2.45, 2.75) is 0 Å². The molecule has 2 aromatic heterocycles. The molecule has 0 bridgehead atoms. The molecule has 1 N–H and O–H groups in total. The Morgan fingerprint density at radius 2 is 1.62 bits per heavy atom. The number of nitrogens with one attached hydrogen (secondary N) is 1. The molecular weight excluding hydrogens is 368 g/mol. The van der Waals surface area contributed by atoms with Gasteiger partial charge in [0, 0.05) is 44.8 Å². The first-order chi connectivity index (χ1) is 14.2. The van der Waals surface area contributed by atoms with E-state index < -0.39 is 0 Å². The smallest absolute Gasteiger partial charge is 0.258 e. The first-order valence-corrected chi connectivity index (χ1v) is 9.42. The summed E-state index contributed by atoms with van der Waals surface area (Å²) in [7, 11) is 1.57. The van der Waals surface area contributed by atoms with Gasteiger partial charge in [-0.15, -0.1) is 0 Å². The second-order valence-corrected chi connectivity index (χ2v) is 6.59. The van der Waals surface area contributed by atoms with Crippen LogP contribution in [0.25, 0.3) is 0 Å². The molecule has 0 spiro atoms. The number of aromatic nitrogens is 3. The van der Waals surface area contributed by atoms with Crippen LogP contribution in [0.15, 0.2) is 61.1 Å². The minimum absolute atomic E-state index is 0.277. The topological polar surface area (TPSA) is 83.5 Å². The fraction of sp³-hybridized carbons (Fsp3) is 0.238. The number of ether oxygens (including phenoxy) is 1. The number of amides is 1. The molecule has 4 rings (SSSR count). The summed E-state index contributed by atoms with van der Waals surface area (Å²) in [6.45, 7) is 3.28. The zero-order valence-corrected chi connectivity index (χ0v) is 16.2. The van der Waals surface area contributed by atoms with Crippen LogP contribution in [0.3, 0.4) is 0 Å². The average Bonchev–Trinajstić information content (AvgIpc) is 2.80. The highest BCUT2D eigenvalue weighted by atomic mass is 16.5. The molecule has 0 atom stereocenters.